The SMILES string of the molecule is C=CCN(C(=O)O)c1cc(C)c(N(C)C)c(C)c1. The lowest BCUT2D eigenvalue weighted by Crippen LogP contribution is -2.29. The van der Waals surface area contributed by atoms with E-state index in [4.69, 9.17) is 0 Å². The fourth-order valence-corrected chi connectivity index (χ4v) is 2.22. The largest absolute Gasteiger partial charge is 0.465 e. The van der Waals surface area contributed by atoms with E-state index < -0.39 is 6.09 Å². The van der Waals surface area contributed by atoms with Gasteiger partial charge in [0, 0.05) is 32.0 Å². The van der Waals surface area contributed by atoms with Crippen LogP contribution in [0.3, 0.4) is 0 Å². The van der Waals surface area contributed by atoms with Crippen LogP contribution in [0.4, 0.5) is 16.2 Å². The van der Waals surface area contributed by atoms with Gasteiger partial charge in [-0.2, -0.15) is 0 Å². The van der Waals surface area contributed by atoms with Crippen LogP contribution in [0.2, 0.25) is 0 Å². The quantitative estimate of drug-likeness (QED) is 0.833. The zero-order valence-corrected chi connectivity index (χ0v) is 11.4. The van der Waals surface area contributed by atoms with Gasteiger partial charge in [0.15, 0.2) is 0 Å². The molecule has 98 valence electrons. The van der Waals surface area contributed by atoms with Crippen LogP contribution in [0, 0.1) is 13.8 Å². The van der Waals surface area contributed by atoms with Crippen molar-refractivity contribution in [3.05, 3.63) is 35.9 Å². The van der Waals surface area contributed by atoms with Crippen molar-refractivity contribution in [3.63, 3.8) is 0 Å². The Kier molecular flexibility index (Phi) is 4.37. The van der Waals surface area contributed by atoms with Crippen molar-refractivity contribution < 1.29 is 9.90 Å². The first-order chi connectivity index (χ1) is 8.38. The fraction of sp³-hybridized carbons (Fsp3) is 0.357. The van der Waals surface area contributed by atoms with Gasteiger partial charge in [-0.05, 0) is 37.1 Å². The molecular formula is C14H20N2O2. The molecule has 0 saturated heterocycles. The summed E-state index contributed by atoms with van der Waals surface area (Å²) in [5.74, 6) is 0. The number of hydrogen-bond acceptors (Lipinski definition) is 2. The van der Waals surface area contributed by atoms with Crippen molar-refractivity contribution in [1.82, 2.24) is 0 Å². The molecule has 0 aliphatic carbocycles. The van der Waals surface area contributed by atoms with Crippen molar-refractivity contribution in [2.75, 3.05) is 30.4 Å². The van der Waals surface area contributed by atoms with Crippen molar-refractivity contribution in [2.45, 2.75) is 13.8 Å². The lowest BCUT2D eigenvalue weighted by Gasteiger charge is -2.23. The van der Waals surface area contributed by atoms with Crippen LogP contribution in [0.1, 0.15) is 11.1 Å². The standard InChI is InChI=1S/C14H20N2O2/c1-6-7-16(14(17)18)12-8-10(2)13(15(4)5)11(3)9-12/h6,8-9H,1,7H2,2-5H3,(H,17,18). The van der Waals surface area contributed by atoms with Crippen molar-refractivity contribution >= 4 is 17.5 Å². The molecule has 1 aromatic rings. The first-order valence-electron chi connectivity index (χ1n) is 5.78. The normalized spacial score (nSPS) is 10.0. The summed E-state index contributed by atoms with van der Waals surface area (Å²) in [6, 6.07) is 3.78. The Hall–Kier alpha value is -1.97. The summed E-state index contributed by atoms with van der Waals surface area (Å²) in [4.78, 5) is 14.5. The highest BCUT2D eigenvalue weighted by atomic mass is 16.4. The van der Waals surface area contributed by atoms with Gasteiger partial charge >= 0.3 is 6.09 Å². The van der Waals surface area contributed by atoms with Gasteiger partial charge in [0.05, 0.1) is 0 Å². The van der Waals surface area contributed by atoms with Crippen LogP contribution in [0.15, 0.2) is 24.8 Å². The zero-order chi connectivity index (χ0) is 13.9. The molecule has 4 heteroatoms. The number of nitrogens with zero attached hydrogens (tertiary/aromatic N) is 2. The molecule has 0 aliphatic heterocycles. The summed E-state index contributed by atoms with van der Waals surface area (Å²) in [6.45, 7) is 7.84. The first-order valence-corrected chi connectivity index (χ1v) is 5.78. The highest BCUT2D eigenvalue weighted by Gasteiger charge is 2.15. The second kappa shape index (κ2) is 5.58. The molecule has 0 aromatic heterocycles. The Morgan fingerprint density at radius 1 is 1.33 bits per heavy atom. The minimum atomic E-state index is -0.966. The Labute approximate surface area is 108 Å². The minimum Gasteiger partial charge on any atom is -0.465 e. The Bertz CT molecular complexity index is 444. The molecule has 0 atom stereocenters. The number of rotatable bonds is 4. The van der Waals surface area contributed by atoms with E-state index in [9.17, 15) is 9.90 Å². The van der Waals surface area contributed by atoms with Gasteiger partial charge in [0.25, 0.3) is 0 Å². The Morgan fingerprint density at radius 3 is 2.17 bits per heavy atom. The highest BCUT2D eigenvalue weighted by molar-refractivity contribution is 5.87. The van der Waals surface area contributed by atoms with Crippen LogP contribution in [0.5, 0.6) is 0 Å². The van der Waals surface area contributed by atoms with Crippen LogP contribution in [0.25, 0.3) is 0 Å². The molecule has 18 heavy (non-hydrogen) atoms. The van der Waals surface area contributed by atoms with Crippen LogP contribution >= 0.6 is 0 Å². The molecule has 0 aliphatic rings. The second-order valence-corrected chi connectivity index (χ2v) is 4.50. The van der Waals surface area contributed by atoms with E-state index in [2.05, 4.69) is 6.58 Å². The number of hydrogen-bond donors (Lipinski definition) is 1. The predicted molar refractivity (Wildman–Crippen MR) is 75.8 cm³/mol. The van der Waals surface area contributed by atoms with Crippen LogP contribution in [-0.2, 0) is 0 Å². The number of amides is 1. The third-order valence-electron chi connectivity index (χ3n) is 2.78. The maximum Gasteiger partial charge on any atom is 0.412 e. The lowest BCUT2D eigenvalue weighted by atomic mass is 10.1. The summed E-state index contributed by atoms with van der Waals surface area (Å²) in [6.07, 6.45) is 0.616. The smallest absolute Gasteiger partial charge is 0.412 e. The summed E-state index contributed by atoms with van der Waals surface area (Å²) >= 11 is 0. The summed E-state index contributed by atoms with van der Waals surface area (Å²) in [5.41, 5.74) is 3.93. The molecule has 1 N–H and O–H groups in total. The maximum absolute atomic E-state index is 11.2. The molecule has 1 rings (SSSR count). The van der Waals surface area contributed by atoms with Gasteiger partial charge < -0.3 is 10.0 Å². The van der Waals surface area contributed by atoms with Crippen LogP contribution in [-0.4, -0.2) is 31.8 Å². The number of aryl methyl sites for hydroxylation is 2. The van der Waals surface area contributed by atoms with Gasteiger partial charge in [-0.25, -0.2) is 4.79 Å². The van der Waals surface area contributed by atoms with E-state index in [-0.39, 0.29) is 6.54 Å². The van der Waals surface area contributed by atoms with E-state index in [1.807, 2.05) is 45.0 Å². The van der Waals surface area contributed by atoms with E-state index in [1.54, 1.807) is 6.08 Å². The molecule has 0 fully saturated rings. The summed E-state index contributed by atoms with van der Waals surface area (Å²) < 4.78 is 0. The molecule has 0 heterocycles. The zero-order valence-electron chi connectivity index (χ0n) is 11.4. The third-order valence-corrected chi connectivity index (χ3v) is 2.78. The minimum absolute atomic E-state index is 0.287. The van der Waals surface area contributed by atoms with E-state index in [1.165, 1.54) is 4.90 Å². The van der Waals surface area contributed by atoms with Gasteiger partial charge in [-0.15, -0.1) is 6.58 Å². The van der Waals surface area contributed by atoms with Gasteiger partial charge in [-0.1, -0.05) is 6.08 Å². The Balaban J connectivity index is 3.27. The molecule has 1 amide bonds. The van der Waals surface area contributed by atoms with Gasteiger partial charge in [0.1, 0.15) is 0 Å². The third kappa shape index (κ3) is 2.83. The maximum atomic E-state index is 11.2. The van der Waals surface area contributed by atoms with Crippen molar-refractivity contribution in [3.8, 4) is 0 Å². The molecule has 1 aromatic carbocycles. The molecule has 0 saturated carbocycles. The monoisotopic (exact) mass is 248 g/mol. The van der Waals surface area contributed by atoms with Crippen molar-refractivity contribution in [2.24, 2.45) is 0 Å². The first kappa shape index (κ1) is 14.1. The topological polar surface area (TPSA) is 43.8 Å². The van der Waals surface area contributed by atoms with E-state index in [0.717, 1.165) is 16.8 Å². The molecule has 0 radical (unpaired) electrons. The number of anilines is 2. The van der Waals surface area contributed by atoms with E-state index in [0.29, 0.717) is 5.69 Å². The highest BCUT2D eigenvalue weighted by Crippen LogP contribution is 2.29. The molecule has 4 nitrogen and oxygen atoms in total. The predicted octanol–water partition coefficient (Wildman–Crippen LogP) is 3.04. The average molecular weight is 248 g/mol. The van der Waals surface area contributed by atoms with Crippen LogP contribution < -0.4 is 9.80 Å². The summed E-state index contributed by atoms with van der Waals surface area (Å²) in [7, 11) is 3.96. The number of carboxylic acid groups (broad SMARTS) is 1. The van der Waals surface area contributed by atoms with Gasteiger partial charge in [0.2, 0.25) is 0 Å². The number of carbonyl (C=O) groups is 1. The van der Waals surface area contributed by atoms with Gasteiger partial charge in [-0.3, -0.25) is 4.90 Å². The number of benzene rings is 1. The molecule has 0 unspecified atom stereocenters. The summed E-state index contributed by atoms with van der Waals surface area (Å²) in [5, 5.41) is 9.19. The Morgan fingerprint density at radius 2 is 1.83 bits per heavy atom. The average Bonchev–Trinajstić information content (AvgIpc) is 2.23. The van der Waals surface area contributed by atoms with Crippen molar-refractivity contribution in [1.29, 1.82) is 0 Å². The molecule has 0 bridgehead atoms. The van der Waals surface area contributed by atoms with E-state index >= 15 is 0 Å². The molecular weight excluding hydrogens is 228 g/mol. The fourth-order valence-electron chi connectivity index (χ4n) is 2.22. The lowest BCUT2D eigenvalue weighted by molar-refractivity contribution is 0.202. The second-order valence-electron chi connectivity index (χ2n) is 4.50. The molecule has 0 spiro atoms.